The maximum Gasteiger partial charge on any atom is 0.0499 e. The van der Waals surface area contributed by atoms with Crippen LogP contribution in [0.2, 0.25) is 0 Å². The molecule has 2 N–H and O–H groups in total. The summed E-state index contributed by atoms with van der Waals surface area (Å²) in [6.45, 7) is 5.18. The minimum Gasteiger partial charge on any atom is -0.326 e. The molecule has 2 atom stereocenters. The molecule has 19 heavy (non-hydrogen) atoms. The average Bonchev–Trinajstić information content (AvgIpc) is 2.84. The van der Waals surface area contributed by atoms with Gasteiger partial charge in [-0.25, -0.2) is 0 Å². The molecule has 0 aliphatic rings. The van der Waals surface area contributed by atoms with E-state index in [-0.39, 0.29) is 12.1 Å². The van der Waals surface area contributed by atoms with E-state index in [1.165, 1.54) is 16.0 Å². The van der Waals surface area contributed by atoms with Crippen molar-refractivity contribution in [2.24, 2.45) is 5.73 Å². The van der Waals surface area contributed by atoms with E-state index in [0.717, 1.165) is 6.54 Å². The van der Waals surface area contributed by atoms with Gasteiger partial charge in [0.25, 0.3) is 0 Å². The van der Waals surface area contributed by atoms with Crippen LogP contribution in [0.25, 0.3) is 0 Å². The van der Waals surface area contributed by atoms with Gasteiger partial charge in [0.1, 0.15) is 0 Å². The molecule has 0 fully saturated rings. The van der Waals surface area contributed by atoms with Crippen LogP contribution in [-0.2, 0) is 6.54 Å². The molecule has 102 valence electrons. The number of aryl methyl sites for hydroxylation is 1. The summed E-state index contributed by atoms with van der Waals surface area (Å²) in [7, 11) is 2.15. The number of hydrogen-bond acceptors (Lipinski definition) is 3. The molecule has 0 aliphatic carbocycles. The summed E-state index contributed by atoms with van der Waals surface area (Å²) >= 11 is 1.80. The summed E-state index contributed by atoms with van der Waals surface area (Å²) in [5.74, 6) is 0. The van der Waals surface area contributed by atoms with Crippen molar-refractivity contribution in [1.82, 2.24) is 4.90 Å². The van der Waals surface area contributed by atoms with Crippen molar-refractivity contribution in [1.29, 1.82) is 0 Å². The Bertz CT molecular complexity index is 505. The normalized spacial score (nSPS) is 14.6. The maximum atomic E-state index is 6.23. The van der Waals surface area contributed by atoms with Crippen LogP contribution in [0.15, 0.2) is 41.8 Å². The second kappa shape index (κ2) is 6.33. The number of benzene rings is 1. The third-order valence-corrected chi connectivity index (χ3v) is 4.33. The van der Waals surface area contributed by atoms with Crippen LogP contribution in [0.4, 0.5) is 0 Å². The highest BCUT2D eigenvalue weighted by Gasteiger charge is 2.22. The molecule has 0 bridgehead atoms. The Hall–Kier alpha value is -1.16. The van der Waals surface area contributed by atoms with Gasteiger partial charge in [-0.1, -0.05) is 30.3 Å². The van der Waals surface area contributed by atoms with E-state index < -0.39 is 0 Å². The van der Waals surface area contributed by atoms with Crippen molar-refractivity contribution in [3.05, 3.63) is 57.8 Å². The van der Waals surface area contributed by atoms with Gasteiger partial charge in [0.2, 0.25) is 0 Å². The van der Waals surface area contributed by atoms with E-state index >= 15 is 0 Å². The largest absolute Gasteiger partial charge is 0.326 e. The molecule has 1 heterocycles. The third-order valence-electron chi connectivity index (χ3n) is 3.47. The maximum absolute atomic E-state index is 6.23. The molecule has 0 saturated carbocycles. The topological polar surface area (TPSA) is 29.3 Å². The minimum absolute atomic E-state index is 0.103. The molecule has 1 aromatic carbocycles. The Morgan fingerprint density at radius 2 is 1.95 bits per heavy atom. The SMILES string of the molecule is Cc1ccccc1C(C(C)N)N(C)Cc1cccs1. The highest BCUT2D eigenvalue weighted by Crippen LogP contribution is 2.27. The predicted octanol–water partition coefficient (Wildman–Crippen LogP) is 3.58. The van der Waals surface area contributed by atoms with Crippen LogP contribution in [-0.4, -0.2) is 18.0 Å². The smallest absolute Gasteiger partial charge is 0.0499 e. The van der Waals surface area contributed by atoms with Gasteiger partial charge in [0.15, 0.2) is 0 Å². The molecule has 3 heteroatoms. The van der Waals surface area contributed by atoms with Gasteiger partial charge in [-0.3, -0.25) is 4.90 Å². The number of nitrogens with two attached hydrogens (primary N) is 1. The van der Waals surface area contributed by atoms with Crippen LogP contribution < -0.4 is 5.73 Å². The average molecular weight is 274 g/mol. The van der Waals surface area contributed by atoms with Crippen molar-refractivity contribution in [3.8, 4) is 0 Å². The van der Waals surface area contributed by atoms with E-state index in [0.29, 0.717) is 0 Å². The van der Waals surface area contributed by atoms with Crippen LogP contribution >= 0.6 is 11.3 Å². The van der Waals surface area contributed by atoms with Crippen LogP contribution in [0.1, 0.15) is 29.0 Å². The lowest BCUT2D eigenvalue weighted by Gasteiger charge is -2.32. The molecule has 2 rings (SSSR count). The number of thiophene rings is 1. The molecular formula is C16H22N2S. The van der Waals surface area contributed by atoms with Gasteiger partial charge in [0, 0.05) is 23.5 Å². The summed E-state index contributed by atoms with van der Waals surface area (Å²) in [4.78, 5) is 3.72. The Labute approximate surface area is 119 Å². The van der Waals surface area contributed by atoms with Gasteiger partial charge >= 0.3 is 0 Å². The first-order valence-corrected chi connectivity index (χ1v) is 7.51. The second-order valence-corrected chi connectivity index (χ2v) is 6.19. The first-order chi connectivity index (χ1) is 9.09. The molecule has 1 aromatic heterocycles. The Balaban J connectivity index is 2.23. The molecule has 2 aromatic rings. The Kier molecular flexibility index (Phi) is 4.75. The van der Waals surface area contributed by atoms with Gasteiger partial charge < -0.3 is 5.73 Å². The summed E-state index contributed by atoms with van der Waals surface area (Å²) in [5, 5.41) is 2.12. The summed E-state index contributed by atoms with van der Waals surface area (Å²) in [6.07, 6.45) is 0. The number of hydrogen-bond donors (Lipinski definition) is 1. The lowest BCUT2D eigenvalue weighted by Crippen LogP contribution is -2.37. The lowest BCUT2D eigenvalue weighted by atomic mass is 9.95. The van der Waals surface area contributed by atoms with Crippen LogP contribution in [0, 0.1) is 6.92 Å². The zero-order valence-corrected chi connectivity index (χ0v) is 12.7. The van der Waals surface area contributed by atoms with Crippen molar-refractivity contribution in [2.45, 2.75) is 32.5 Å². The Morgan fingerprint density at radius 1 is 1.21 bits per heavy atom. The van der Waals surface area contributed by atoms with E-state index in [1.807, 2.05) is 0 Å². The molecule has 2 unspecified atom stereocenters. The zero-order valence-electron chi connectivity index (χ0n) is 11.8. The van der Waals surface area contributed by atoms with Crippen molar-refractivity contribution < 1.29 is 0 Å². The summed E-state index contributed by atoms with van der Waals surface area (Å²) in [6, 6.07) is 13.2. The van der Waals surface area contributed by atoms with E-state index in [9.17, 15) is 0 Å². The predicted molar refractivity (Wildman–Crippen MR) is 83.4 cm³/mol. The number of likely N-dealkylation sites (N-methyl/N-ethyl adjacent to an activating group) is 1. The van der Waals surface area contributed by atoms with Crippen LogP contribution in [0.5, 0.6) is 0 Å². The fourth-order valence-corrected chi connectivity index (χ4v) is 3.35. The molecule has 0 radical (unpaired) electrons. The number of nitrogens with zero attached hydrogens (tertiary/aromatic N) is 1. The molecule has 0 saturated heterocycles. The fourth-order valence-electron chi connectivity index (χ4n) is 2.59. The van der Waals surface area contributed by atoms with E-state index in [4.69, 9.17) is 5.73 Å². The van der Waals surface area contributed by atoms with E-state index in [2.05, 4.69) is 67.6 Å². The van der Waals surface area contributed by atoms with Gasteiger partial charge in [-0.2, -0.15) is 0 Å². The monoisotopic (exact) mass is 274 g/mol. The highest BCUT2D eigenvalue weighted by molar-refractivity contribution is 7.09. The zero-order chi connectivity index (χ0) is 13.8. The minimum atomic E-state index is 0.103. The van der Waals surface area contributed by atoms with Gasteiger partial charge in [-0.05, 0) is 43.5 Å². The fraction of sp³-hybridized carbons (Fsp3) is 0.375. The quantitative estimate of drug-likeness (QED) is 0.903. The lowest BCUT2D eigenvalue weighted by molar-refractivity contribution is 0.212. The van der Waals surface area contributed by atoms with Crippen molar-refractivity contribution in [3.63, 3.8) is 0 Å². The van der Waals surface area contributed by atoms with Crippen molar-refractivity contribution in [2.75, 3.05) is 7.05 Å². The third kappa shape index (κ3) is 3.44. The van der Waals surface area contributed by atoms with Gasteiger partial charge in [0.05, 0.1) is 0 Å². The molecule has 0 aliphatic heterocycles. The molecule has 2 nitrogen and oxygen atoms in total. The van der Waals surface area contributed by atoms with Crippen LogP contribution in [0.3, 0.4) is 0 Å². The summed E-state index contributed by atoms with van der Waals surface area (Å²) in [5.41, 5.74) is 8.87. The molecule has 0 spiro atoms. The standard InChI is InChI=1S/C16H22N2S/c1-12-7-4-5-9-15(12)16(13(2)17)18(3)11-14-8-6-10-19-14/h4-10,13,16H,11,17H2,1-3H3. The number of rotatable bonds is 5. The molecule has 0 amide bonds. The second-order valence-electron chi connectivity index (χ2n) is 5.16. The van der Waals surface area contributed by atoms with Crippen molar-refractivity contribution >= 4 is 11.3 Å². The summed E-state index contributed by atoms with van der Waals surface area (Å²) < 4.78 is 0. The highest BCUT2D eigenvalue weighted by atomic mass is 32.1. The van der Waals surface area contributed by atoms with Gasteiger partial charge in [-0.15, -0.1) is 11.3 Å². The van der Waals surface area contributed by atoms with E-state index in [1.54, 1.807) is 11.3 Å². The first-order valence-electron chi connectivity index (χ1n) is 6.63. The Morgan fingerprint density at radius 3 is 2.53 bits per heavy atom. The first kappa shape index (κ1) is 14.3. The molecular weight excluding hydrogens is 252 g/mol.